The molecule has 0 spiro atoms. The summed E-state index contributed by atoms with van der Waals surface area (Å²) in [7, 11) is 1.76. The highest BCUT2D eigenvalue weighted by molar-refractivity contribution is 6.11. The summed E-state index contributed by atoms with van der Waals surface area (Å²) in [6.07, 6.45) is 13.6. The third-order valence-electron chi connectivity index (χ3n) is 27.9. The fourth-order valence-electron chi connectivity index (χ4n) is 20.4. The van der Waals surface area contributed by atoms with Crippen LogP contribution in [0.4, 0.5) is 36.4 Å². The van der Waals surface area contributed by atoms with Crippen LogP contribution in [0.2, 0.25) is 0 Å². The monoisotopic (exact) mass is 1900 g/mol. The summed E-state index contributed by atoms with van der Waals surface area (Å²) in [5, 5.41) is 7.83. The molecule has 720 valence electrons. The number of hydrogen-bond acceptors (Lipinski definition) is 29. The van der Waals surface area contributed by atoms with E-state index < -0.39 is 12.1 Å². The van der Waals surface area contributed by atoms with Gasteiger partial charge in [0.2, 0.25) is 22.9 Å². The molecule has 0 aliphatic carbocycles. The van der Waals surface area contributed by atoms with Crippen molar-refractivity contribution in [2.24, 2.45) is 0 Å². The number of H-pyrrole nitrogens is 4. The van der Waals surface area contributed by atoms with Crippen molar-refractivity contribution in [3.8, 4) is 45.6 Å². The van der Waals surface area contributed by atoms with Gasteiger partial charge in [0.25, 0.3) is 5.92 Å². The molecular weight excluding hydrogens is 1800 g/mol. The first kappa shape index (κ1) is 89.4. The normalized spacial score (nSPS) is 17.5. The quantitative estimate of drug-likeness (QED) is 0.0658. The van der Waals surface area contributed by atoms with Gasteiger partial charge in [-0.05, 0) is 115 Å². The number of hydrogen-bond donors (Lipinski definition) is 4. The summed E-state index contributed by atoms with van der Waals surface area (Å²) < 4.78 is 93.4. The van der Waals surface area contributed by atoms with E-state index in [9.17, 15) is 13.2 Å². The number of halogens is 3. The van der Waals surface area contributed by atoms with Crippen molar-refractivity contribution in [1.29, 1.82) is 0 Å². The maximum atomic E-state index is 13.6. The van der Waals surface area contributed by atoms with Crippen molar-refractivity contribution in [3.63, 3.8) is 0 Å². The molecule has 16 aromatic heterocycles. The van der Waals surface area contributed by atoms with Crippen LogP contribution in [-0.4, -0.2) is 289 Å². The SMILES string of the molecule is COCCN1CCN(Cc2cnc3oc4c(N5CCOCC5)nc(-c5cccc6[nH]ccc56)nc4c3c2)CC1.Cc1ccc2c(n1)oc1c(N3CCOCC3)nc(-c3cccc4[nH]ccc34)nc12.FC1(F)CCN(Cc2cnc3oc4c(N5CCOCC5)nc(-c5cccc6[nH]ccc56)nc4c3c2)CC1.FC1CCN(Cc2cnc3oc4c(N5CCOCC5)nc(-c5cccc6[nH]ccc56)nc4c3c2)CC1. The fourth-order valence-corrected chi connectivity index (χ4v) is 20.4. The number of ether oxygens (including phenoxy) is 5. The molecule has 20 aromatic rings. The molecule has 0 radical (unpaired) electrons. The van der Waals surface area contributed by atoms with E-state index in [2.05, 4.69) is 141 Å². The van der Waals surface area contributed by atoms with E-state index in [1.807, 2.05) is 105 Å². The standard InChI is InChI=1S/C29H33N7O3.C27H26F2N6O2.C27H27FN6O2.C22H19N5O2/c1-37-14-11-34-7-9-35(10-8-34)19-20-17-23-25-26(39-29(23)31-18-20)28(36-12-15-38-16-13-36)33-27(32-25)22-3-2-4-24-21(22)5-6-30-24;28-27(29)5-8-34(9-6-27)16-17-14-20-22-23(37-26(20)31-15-17)25(35-10-12-36-13-11-35)33-24(32-22)19-2-1-3-21-18(19)4-7-30-21;28-18-5-8-33(9-6-18)16-17-14-21-23-24(36-27(21)30-15-17)26(34-10-12-35-13-11-34)32-25(31-23)20-2-1-3-22-19(20)4-7-29-22;1-13-5-6-16-18-19(29-22(16)24-13)21(27-9-11-28-12-10-27)26-20(25-18)15-3-2-4-17-14(15)7-8-23-17/h2-6,17-18,30H,7-16,19H2,1H3;1-4,7,14-15,30H,5-6,8-13,16H2;1-4,7,14-15,18,29H,5-6,8-13,16H2;2-8,23H,9-12H2,1H3. The third kappa shape index (κ3) is 18.2. The zero-order chi connectivity index (χ0) is 94.6. The number of pyridine rings is 4. The number of anilines is 4. The molecule has 0 saturated carbocycles. The minimum atomic E-state index is -2.56. The molecule has 0 atom stereocenters. The molecule has 4 aromatic carbocycles. The highest BCUT2D eigenvalue weighted by Crippen LogP contribution is 2.44. The number of alkyl halides is 3. The lowest BCUT2D eigenvalue weighted by Crippen LogP contribution is -2.46. The number of nitrogens with zero attached hydrogens (tertiary/aromatic N) is 20. The Morgan fingerprint density at radius 2 is 0.667 bits per heavy atom. The molecule has 36 heteroatoms. The lowest BCUT2D eigenvalue weighted by Gasteiger charge is -2.34. The second kappa shape index (κ2) is 38.8. The number of fused-ring (bicyclic) bond motifs is 16. The molecule has 0 unspecified atom stereocenters. The number of rotatable bonds is 17. The molecule has 7 aliphatic heterocycles. The molecule has 23 heterocycles. The Morgan fingerprint density at radius 1 is 0.348 bits per heavy atom. The first-order valence-electron chi connectivity index (χ1n) is 48.6. The molecule has 27 rings (SSSR count). The van der Waals surface area contributed by atoms with Gasteiger partial charge in [0.15, 0.2) is 68.9 Å². The topological polar surface area (TPSA) is 342 Å². The van der Waals surface area contributed by atoms with Crippen molar-refractivity contribution in [2.45, 2.75) is 64.3 Å². The Balaban J connectivity index is 0.000000102. The molecule has 7 fully saturated rings. The summed E-state index contributed by atoms with van der Waals surface area (Å²) >= 11 is 0. The maximum Gasteiger partial charge on any atom is 0.250 e. The van der Waals surface area contributed by atoms with Crippen LogP contribution in [0.3, 0.4) is 0 Å². The van der Waals surface area contributed by atoms with Crippen molar-refractivity contribution < 1.29 is 54.5 Å². The lowest BCUT2D eigenvalue weighted by atomic mass is 10.1. The van der Waals surface area contributed by atoms with E-state index in [1.165, 1.54) is 0 Å². The fraction of sp³-hybridized carbons (Fsp3) is 0.352. The van der Waals surface area contributed by atoms with E-state index in [-0.39, 0.29) is 12.8 Å². The van der Waals surface area contributed by atoms with Crippen LogP contribution in [0.25, 0.3) is 178 Å². The van der Waals surface area contributed by atoms with Crippen LogP contribution in [0.5, 0.6) is 0 Å². The van der Waals surface area contributed by atoms with Crippen molar-refractivity contribution in [2.75, 3.05) is 197 Å². The van der Waals surface area contributed by atoms with Gasteiger partial charge >= 0.3 is 0 Å². The van der Waals surface area contributed by atoms with Crippen LogP contribution in [0, 0.1) is 6.92 Å². The van der Waals surface area contributed by atoms with Gasteiger partial charge in [0.05, 0.1) is 81.0 Å². The second-order valence-corrected chi connectivity index (χ2v) is 37.1. The minimum Gasteiger partial charge on any atom is -0.432 e. The van der Waals surface area contributed by atoms with Crippen LogP contribution in [0.1, 0.15) is 48.1 Å². The number of piperazine rings is 1. The second-order valence-electron chi connectivity index (χ2n) is 37.1. The molecule has 0 bridgehead atoms. The number of nitrogens with one attached hydrogen (secondary N) is 4. The first-order chi connectivity index (χ1) is 69.3. The molecule has 7 aliphatic rings. The predicted octanol–water partition coefficient (Wildman–Crippen LogP) is 17.3. The Morgan fingerprint density at radius 3 is 1.01 bits per heavy atom. The molecule has 4 N–H and O–H groups in total. The number of morpholine rings is 4. The third-order valence-corrected chi connectivity index (χ3v) is 27.9. The van der Waals surface area contributed by atoms with Gasteiger partial charge in [-0.25, -0.2) is 73.0 Å². The number of benzene rings is 4. The van der Waals surface area contributed by atoms with Crippen molar-refractivity contribution in [1.82, 2.24) is 99.3 Å². The summed E-state index contributed by atoms with van der Waals surface area (Å²) in [5.41, 5.74) is 20.1. The van der Waals surface area contributed by atoms with E-state index in [0.29, 0.717) is 172 Å². The van der Waals surface area contributed by atoms with Crippen molar-refractivity contribution >= 4 is 156 Å². The van der Waals surface area contributed by atoms with Gasteiger partial charge in [0.1, 0.15) is 28.2 Å². The van der Waals surface area contributed by atoms with Crippen LogP contribution in [-0.2, 0) is 43.3 Å². The summed E-state index contributed by atoms with van der Waals surface area (Å²) in [6, 6.07) is 43.1. The number of aromatic nitrogens is 16. The number of likely N-dealkylation sites (tertiary alicyclic amines) is 2. The first-order valence-corrected chi connectivity index (χ1v) is 48.6. The average molecular weight is 1900 g/mol. The van der Waals surface area contributed by atoms with E-state index in [1.54, 1.807) is 13.3 Å². The van der Waals surface area contributed by atoms with E-state index in [4.69, 9.17) is 86.2 Å². The predicted molar refractivity (Wildman–Crippen MR) is 537 cm³/mol. The van der Waals surface area contributed by atoms with Gasteiger partial charge in [0, 0.05) is 266 Å². The van der Waals surface area contributed by atoms with Crippen LogP contribution < -0.4 is 19.6 Å². The Bertz CT molecular complexity index is 7960. The van der Waals surface area contributed by atoms with Gasteiger partial charge in [-0.15, -0.1) is 0 Å². The number of methoxy groups -OCH3 is 1. The van der Waals surface area contributed by atoms with E-state index >= 15 is 0 Å². The highest BCUT2D eigenvalue weighted by Gasteiger charge is 2.36. The van der Waals surface area contributed by atoms with Gasteiger partial charge in [-0.3, -0.25) is 19.6 Å². The molecule has 141 heavy (non-hydrogen) atoms. The maximum absolute atomic E-state index is 13.6. The summed E-state index contributed by atoms with van der Waals surface area (Å²) in [5.74, 6) is 3.20. The average Bonchev–Trinajstić information content (AvgIpc) is 1.61. The zero-order valence-corrected chi connectivity index (χ0v) is 78.3. The van der Waals surface area contributed by atoms with E-state index in [0.717, 1.165) is 254 Å². The van der Waals surface area contributed by atoms with Gasteiger partial charge < -0.3 is 80.9 Å². The van der Waals surface area contributed by atoms with Crippen molar-refractivity contribution in [3.05, 3.63) is 193 Å². The highest BCUT2D eigenvalue weighted by atomic mass is 19.3. The van der Waals surface area contributed by atoms with Gasteiger partial charge in [-0.2, -0.15) is 0 Å². The number of aryl methyl sites for hydroxylation is 1. The Kier molecular flexibility index (Phi) is 24.6. The number of furan rings is 4. The van der Waals surface area contributed by atoms with Crippen LogP contribution in [0.15, 0.2) is 188 Å². The van der Waals surface area contributed by atoms with Crippen LogP contribution >= 0.6 is 0 Å². The molecular formula is C105H105F3N24O9. The Hall–Kier alpha value is -14.2. The molecule has 33 nitrogen and oxygen atoms in total. The van der Waals surface area contributed by atoms with Gasteiger partial charge in [-0.1, -0.05) is 48.5 Å². The molecule has 0 amide bonds. The summed E-state index contributed by atoms with van der Waals surface area (Å²) in [4.78, 5) is 89.9. The minimum absolute atomic E-state index is 0.110. The smallest absolute Gasteiger partial charge is 0.250 e. The number of aromatic amines is 4. The number of piperidine rings is 2. The zero-order valence-electron chi connectivity index (χ0n) is 78.3. The summed E-state index contributed by atoms with van der Waals surface area (Å²) in [6.45, 7) is 23.4. The Labute approximate surface area is 805 Å². The lowest BCUT2D eigenvalue weighted by molar-refractivity contribution is -0.0566. The molecule has 7 saturated heterocycles. The largest absolute Gasteiger partial charge is 0.432 e.